The molecule has 5 heteroatoms. The van der Waals surface area contributed by atoms with Gasteiger partial charge in [-0.3, -0.25) is 4.79 Å². The summed E-state index contributed by atoms with van der Waals surface area (Å²) < 4.78 is 0. The largest absolute Gasteiger partial charge is 0.505 e. The molecule has 2 aliphatic rings. The van der Waals surface area contributed by atoms with E-state index in [1.54, 1.807) is 6.07 Å². The van der Waals surface area contributed by atoms with Crippen molar-refractivity contribution in [2.75, 3.05) is 6.54 Å². The molecule has 1 aliphatic carbocycles. The molecule has 114 valence electrons. The van der Waals surface area contributed by atoms with Crippen LogP contribution in [-0.4, -0.2) is 34.1 Å². The number of aromatic hydroxyl groups is 1. The molecule has 2 fully saturated rings. The predicted octanol–water partition coefficient (Wildman–Crippen LogP) is 1.97. The van der Waals surface area contributed by atoms with E-state index < -0.39 is 0 Å². The fourth-order valence-corrected chi connectivity index (χ4v) is 3.72. The predicted molar refractivity (Wildman–Crippen MR) is 80.2 cm³/mol. The summed E-state index contributed by atoms with van der Waals surface area (Å²) in [4.78, 5) is 16.2. The third kappa shape index (κ3) is 3.18. The number of rotatable bonds is 2. The van der Waals surface area contributed by atoms with Crippen LogP contribution < -0.4 is 10.6 Å². The molecule has 0 radical (unpaired) electrons. The topological polar surface area (TPSA) is 74.2 Å². The van der Waals surface area contributed by atoms with Crippen LogP contribution in [-0.2, 0) is 0 Å². The Morgan fingerprint density at radius 1 is 1.38 bits per heavy atom. The lowest BCUT2D eigenvalue weighted by molar-refractivity contribution is 0.0885. The number of pyridine rings is 1. The highest BCUT2D eigenvalue weighted by atomic mass is 16.3. The zero-order valence-electron chi connectivity index (χ0n) is 12.3. The Balaban J connectivity index is 1.65. The van der Waals surface area contributed by atoms with Crippen molar-refractivity contribution in [1.82, 2.24) is 15.6 Å². The molecule has 2 heterocycles. The molecule has 1 saturated heterocycles. The van der Waals surface area contributed by atoms with E-state index in [4.69, 9.17) is 0 Å². The molecular weight excluding hydrogens is 266 g/mol. The van der Waals surface area contributed by atoms with E-state index in [0.29, 0.717) is 0 Å². The Hall–Kier alpha value is -1.62. The first-order chi connectivity index (χ1) is 10.2. The molecule has 1 spiro atoms. The fraction of sp³-hybridized carbons (Fsp3) is 0.625. The Bertz CT molecular complexity index is 506. The van der Waals surface area contributed by atoms with E-state index in [2.05, 4.69) is 15.6 Å². The van der Waals surface area contributed by atoms with Gasteiger partial charge in [0.1, 0.15) is 5.75 Å². The van der Waals surface area contributed by atoms with E-state index in [1.807, 2.05) is 0 Å². The summed E-state index contributed by atoms with van der Waals surface area (Å²) in [5.41, 5.74) is 0.328. The van der Waals surface area contributed by atoms with Crippen LogP contribution in [0.15, 0.2) is 18.3 Å². The van der Waals surface area contributed by atoms with Gasteiger partial charge in [-0.1, -0.05) is 19.3 Å². The maximum atomic E-state index is 12.3. The van der Waals surface area contributed by atoms with Crippen LogP contribution in [0.25, 0.3) is 0 Å². The molecular formula is C16H23N3O2. The molecule has 1 aliphatic heterocycles. The molecule has 1 saturated carbocycles. The summed E-state index contributed by atoms with van der Waals surface area (Å²) in [5, 5.41) is 16.4. The molecule has 1 unspecified atom stereocenters. The van der Waals surface area contributed by atoms with Crippen LogP contribution in [0.3, 0.4) is 0 Å². The lowest BCUT2D eigenvalue weighted by Gasteiger charge is -2.44. The van der Waals surface area contributed by atoms with Gasteiger partial charge in [0.2, 0.25) is 0 Å². The van der Waals surface area contributed by atoms with Gasteiger partial charge in [-0.2, -0.15) is 0 Å². The molecule has 0 aromatic carbocycles. The summed E-state index contributed by atoms with van der Waals surface area (Å²) in [6.07, 6.45) is 9.71. The number of carbonyl (C=O) groups is 1. The summed E-state index contributed by atoms with van der Waals surface area (Å²) in [7, 11) is 0. The zero-order chi connectivity index (χ0) is 14.7. The van der Waals surface area contributed by atoms with Crippen molar-refractivity contribution in [2.24, 2.45) is 0 Å². The fourth-order valence-electron chi connectivity index (χ4n) is 3.72. The third-order valence-corrected chi connectivity index (χ3v) is 4.78. The first-order valence-corrected chi connectivity index (χ1v) is 7.88. The van der Waals surface area contributed by atoms with Gasteiger partial charge in [0.25, 0.3) is 5.91 Å². The van der Waals surface area contributed by atoms with Gasteiger partial charge >= 0.3 is 0 Å². The van der Waals surface area contributed by atoms with E-state index in [0.717, 1.165) is 19.4 Å². The quantitative estimate of drug-likeness (QED) is 0.778. The Morgan fingerprint density at radius 2 is 2.19 bits per heavy atom. The highest BCUT2D eigenvalue weighted by Crippen LogP contribution is 2.34. The third-order valence-electron chi connectivity index (χ3n) is 4.78. The minimum Gasteiger partial charge on any atom is -0.505 e. The highest BCUT2D eigenvalue weighted by molar-refractivity contribution is 5.94. The number of amides is 1. The SMILES string of the molecule is O=C(NC1CCNC2(CCCCC2)C1)c1ncccc1O. The minimum atomic E-state index is -0.272. The van der Waals surface area contributed by atoms with Crippen LogP contribution in [0.1, 0.15) is 55.4 Å². The van der Waals surface area contributed by atoms with Crippen LogP contribution >= 0.6 is 0 Å². The van der Waals surface area contributed by atoms with Gasteiger partial charge in [0.15, 0.2) is 5.69 Å². The number of piperidine rings is 1. The van der Waals surface area contributed by atoms with Crippen LogP contribution in [0, 0.1) is 0 Å². The van der Waals surface area contributed by atoms with Crippen molar-refractivity contribution < 1.29 is 9.90 Å². The Labute approximate surface area is 125 Å². The summed E-state index contributed by atoms with van der Waals surface area (Å²) in [6, 6.07) is 3.28. The van der Waals surface area contributed by atoms with E-state index in [-0.39, 0.29) is 28.9 Å². The first-order valence-electron chi connectivity index (χ1n) is 7.88. The molecule has 1 atom stereocenters. The second kappa shape index (κ2) is 6.02. The maximum Gasteiger partial charge on any atom is 0.273 e. The average molecular weight is 289 g/mol. The molecule has 3 N–H and O–H groups in total. The average Bonchev–Trinajstić information content (AvgIpc) is 2.48. The molecule has 21 heavy (non-hydrogen) atoms. The van der Waals surface area contributed by atoms with Crippen molar-refractivity contribution >= 4 is 5.91 Å². The maximum absolute atomic E-state index is 12.3. The highest BCUT2D eigenvalue weighted by Gasteiger charge is 2.37. The van der Waals surface area contributed by atoms with E-state index in [9.17, 15) is 9.90 Å². The Kier molecular flexibility index (Phi) is 4.10. The van der Waals surface area contributed by atoms with Gasteiger partial charge < -0.3 is 15.7 Å². The molecule has 1 aromatic heterocycles. The summed E-state index contributed by atoms with van der Waals surface area (Å²) in [5.74, 6) is -0.331. The zero-order valence-corrected chi connectivity index (χ0v) is 12.3. The lowest BCUT2D eigenvalue weighted by atomic mass is 9.75. The molecule has 5 nitrogen and oxygen atoms in total. The van der Waals surface area contributed by atoms with Crippen LogP contribution in [0.4, 0.5) is 0 Å². The minimum absolute atomic E-state index is 0.0590. The molecule has 1 aromatic rings. The molecule has 1 amide bonds. The summed E-state index contributed by atoms with van der Waals surface area (Å²) >= 11 is 0. The van der Waals surface area contributed by atoms with Crippen molar-refractivity contribution in [2.45, 2.75) is 56.5 Å². The lowest BCUT2D eigenvalue weighted by Crippen LogP contribution is -2.57. The normalized spacial score (nSPS) is 24.7. The number of nitrogens with one attached hydrogen (secondary N) is 2. The smallest absolute Gasteiger partial charge is 0.273 e. The number of nitrogens with zero attached hydrogens (tertiary/aromatic N) is 1. The Morgan fingerprint density at radius 3 is 2.95 bits per heavy atom. The molecule has 0 bridgehead atoms. The van der Waals surface area contributed by atoms with Crippen molar-refractivity contribution in [1.29, 1.82) is 0 Å². The van der Waals surface area contributed by atoms with Crippen LogP contribution in [0.5, 0.6) is 5.75 Å². The van der Waals surface area contributed by atoms with Crippen molar-refractivity contribution in [3.05, 3.63) is 24.0 Å². The van der Waals surface area contributed by atoms with Gasteiger partial charge in [0.05, 0.1) is 0 Å². The standard InChI is InChI=1S/C16H23N3O2/c20-13-5-4-9-17-14(13)15(21)19-12-6-10-18-16(11-12)7-2-1-3-8-16/h4-5,9,12,18,20H,1-3,6-8,10-11H2,(H,19,21). The van der Waals surface area contributed by atoms with Gasteiger partial charge in [-0.05, 0) is 44.4 Å². The van der Waals surface area contributed by atoms with Crippen LogP contribution in [0.2, 0.25) is 0 Å². The number of hydrogen-bond donors (Lipinski definition) is 3. The number of carbonyl (C=O) groups excluding carboxylic acids is 1. The van der Waals surface area contributed by atoms with Gasteiger partial charge in [0, 0.05) is 17.8 Å². The second-order valence-corrected chi connectivity index (χ2v) is 6.30. The number of hydrogen-bond acceptors (Lipinski definition) is 4. The van der Waals surface area contributed by atoms with E-state index >= 15 is 0 Å². The first kappa shape index (κ1) is 14.3. The van der Waals surface area contributed by atoms with Crippen molar-refractivity contribution in [3.63, 3.8) is 0 Å². The van der Waals surface area contributed by atoms with Gasteiger partial charge in [-0.15, -0.1) is 0 Å². The van der Waals surface area contributed by atoms with E-state index in [1.165, 1.54) is 44.4 Å². The summed E-state index contributed by atoms with van der Waals surface area (Å²) in [6.45, 7) is 0.944. The van der Waals surface area contributed by atoms with Crippen molar-refractivity contribution in [3.8, 4) is 5.75 Å². The van der Waals surface area contributed by atoms with Gasteiger partial charge in [-0.25, -0.2) is 4.98 Å². The number of aromatic nitrogens is 1. The molecule has 3 rings (SSSR count). The monoisotopic (exact) mass is 289 g/mol. The second-order valence-electron chi connectivity index (χ2n) is 6.30.